The minimum atomic E-state index is -0.671. The van der Waals surface area contributed by atoms with Crippen molar-refractivity contribution < 1.29 is 19.2 Å². The number of hydrogen-bond donors (Lipinski definition) is 2. The number of nitrogens with zero attached hydrogens (tertiary/aromatic N) is 1. The number of benzene rings is 1. The van der Waals surface area contributed by atoms with E-state index in [0.29, 0.717) is 23.7 Å². The third kappa shape index (κ3) is 5.19. The van der Waals surface area contributed by atoms with Crippen LogP contribution in [-0.4, -0.2) is 49.4 Å². The second-order valence-corrected chi connectivity index (χ2v) is 6.76. The van der Waals surface area contributed by atoms with E-state index in [1.165, 1.54) is 0 Å². The van der Waals surface area contributed by atoms with E-state index in [1.54, 1.807) is 12.1 Å². The van der Waals surface area contributed by atoms with Crippen LogP contribution in [0.2, 0.25) is 5.02 Å². The quantitative estimate of drug-likeness (QED) is 0.753. The number of rotatable bonds is 7. The van der Waals surface area contributed by atoms with E-state index in [2.05, 4.69) is 15.8 Å². The highest BCUT2D eigenvalue weighted by atomic mass is 35.5. The minimum Gasteiger partial charge on any atom is -0.382 e. The van der Waals surface area contributed by atoms with Crippen molar-refractivity contribution in [3.8, 4) is 0 Å². The first kappa shape index (κ1) is 18.7. The van der Waals surface area contributed by atoms with E-state index in [-0.39, 0.29) is 30.9 Å². The van der Waals surface area contributed by atoms with Crippen molar-refractivity contribution in [2.45, 2.75) is 37.9 Å². The summed E-state index contributed by atoms with van der Waals surface area (Å²) in [6.07, 6.45) is 2.07. The summed E-state index contributed by atoms with van der Waals surface area (Å²) in [5, 5.41) is 10.1. The summed E-state index contributed by atoms with van der Waals surface area (Å²) in [6, 6.07) is 7.20. The molecule has 2 aliphatic heterocycles. The fourth-order valence-electron chi connectivity index (χ4n) is 2.87. The van der Waals surface area contributed by atoms with Crippen LogP contribution in [0.4, 0.5) is 0 Å². The normalized spacial score (nSPS) is 21.8. The van der Waals surface area contributed by atoms with E-state index in [0.717, 1.165) is 25.0 Å². The Labute approximate surface area is 157 Å². The van der Waals surface area contributed by atoms with Gasteiger partial charge in [-0.15, -0.1) is 0 Å². The number of amides is 2. The van der Waals surface area contributed by atoms with E-state index < -0.39 is 6.10 Å². The Morgan fingerprint density at radius 3 is 2.77 bits per heavy atom. The summed E-state index contributed by atoms with van der Waals surface area (Å²) in [5.74, 6) is -0.379. The van der Waals surface area contributed by atoms with Gasteiger partial charge in [-0.3, -0.25) is 9.59 Å². The van der Waals surface area contributed by atoms with Crippen molar-refractivity contribution in [3.63, 3.8) is 0 Å². The number of nitrogens with one attached hydrogen (secondary N) is 2. The van der Waals surface area contributed by atoms with E-state index in [9.17, 15) is 9.59 Å². The average Bonchev–Trinajstić information content (AvgIpc) is 3.32. The maximum atomic E-state index is 12.1. The molecular weight excluding hydrogens is 358 g/mol. The molecule has 1 saturated heterocycles. The van der Waals surface area contributed by atoms with Gasteiger partial charge < -0.3 is 20.2 Å². The molecule has 0 radical (unpaired) electrons. The first-order valence-corrected chi connectivity index (χ1v) is 9.14. The molecule has 0 saturated carbocycles. The largest absolute Gasteiger partial charge is 0.382 e. The molecule has 3 rings (SSSR count). The highest BCUT2D eigenvalue weighted by Crippen LogP contribution is 2.18. The van der Waals surface area contributed by atoms with Crippen LogP contribution >= 0.6 is 11.6 Å². The molecule has 2 aliphatic rings. The lowest BCUT2D eigenvalue weighted by Crippen LogP contribution is -2.38. The maximum Gasteiger partial charge on any atom is 0.264 e. The number of carbonyl (C=O) groups excluding carboxylic acids is 2. The average molecular weight is 380 g/mol. The van der Waals surface area contributed by atoms with E-state index >= 15 is 0 Å². The number of halogens is 1. The standard InChI is InChI=1S/C18H22ClN3O4/c19-13-5-3-12(4-6-13)15-10-16(26-22-15)18(24)20-8-7-17(23)21-11-14-2-1-9-25-14/h3-6,14,16H,1-2,7-11H2,(H,20,24)(H,21,23)/t14-,16+/m0/s1. The molecule has 140 valence electrons. The summed E-state index contributed by atoms with van der Waals surface area (Å²) >= 11 is 5.86. The number of carbonyl (C=O) groups is 2. The van der Waals surface area contributed by atoms with Gasteiger partial charge in [-0.05, 0) is 30.5 Å². The molecule has 7 nitrogen and oxygen atoms in total. The SMILES string of the molecule is O=C(CCNC(=O)[C@H]1CC(c2ccc(Cl)cc2)=NO1)NC[C@@H]1CCCO1. The van der Waals surface area contributed by atoms with Crippen molar-refractivity contribution in [1.82, 2.24) is 10.6 Å². The van der Waals surface area contributed by atoms with Gasteiger partial charge in [-0.25, -0.2) is 0 Å². The lowest BCUT2D eigenvalue weighted by atomic mass is 10.0. The second-order valence-electron chi connectivity index (χ2n) is 6.32. The summed E-state index contributed by atoms with van der Waals surface area (Å²) in [4.78, 5) is 29.1. The molecule has 1 aromatic carbocycles. The molecule has 0 aliphatic carbocycles. The van der Waals surface area contributed by atoms with E-state index in [4.69, 9.17) is 21.2 Å². The van der Waals surface area contributed by atoms with Gasteiger partial charge in [-0.1, -0.05) is 28.9 Å². The van der Waals surface area contributed by atoms with Crippen LogP contribution in [0, 0.1) is 0 Å². The smallest absolute Gasteiger partial charge is 0.264 e. The van der Waals surface area contributed by atoms with Crippen LogP contribution in [0.1, 0.15) is 31.2 Å². The molecule has 0 bridgehead atoms. The first-order valence-electron chi connectivity index (χ1n) is 8.76. The Morgan fingerprint density at radius 2 is 2.04 bits per heavy atom. The number of oxime groups is 1. The van der Waals surface area contributed by atoms with Crippen LogP contribution in [0.3, 0.4) is 0 Å². The van der Waals surface area contributed by atoms with Crippen LogP contribution < -0.4 is 10.6 Å². The predicted octanol–water partition coefficient (Wildman–Crippen LogP) is 1.63. The van der Waals surface area contributed by atoms with Crippen molar-refractivity contribution in [1.29, 1.82) is 0 Å². The molecule has 1 fully saturated rings. The Kier molecular flexibility index (Phi) is 6.46. The number of hydrogen-bond acceptors (Lipinski definition) is 5. The zero-order valence-corrected chi connectivity index (χ0v) is 15.1. The summed E-state index contributed by atoms with van der Waals surface area (Å²) in [7, 11) is 0. The van der Waals surface area contributed by atoms with Gasteiger partial charge >= 0.3 is 0 Å². The fourth-order valence-corrected chi connectivity index (χ4v) is 2.99. The Balaban J connectivity index is 1.34. The molecule has 2 atom stereocenters. The second kappa shape index (κ2) is 9.00. The van der Waals surface area contributed by atoms with Crippen molar-refractivity contribution in [2.75, 3.05) is 19.7 Å². The molecule has 2 amide bonds. The third-order valence-electron chi connectivity index (χ3n) is 4.34. The van der Waals surface area contributed by atoms with Crippen molar-refractivity contribution in [3.05, 3.63) is 34.9 Å². The van der Waals surface area contributed by atoms with Crippen LogP contribution in [-0.2, 0) is 19.2 Å². The minimum absolute atomic E-state index is 0.105. The molecule has 2 heterocycles. The van der Waals surface area contributed by atoms with Crippen molar-refractivity contribution >= 4 is 29.1 Å². The van der Waals surface area contributed by atoms with Gasteiger partial charge in [0.2, 0.25) is 12.0 Å². The summed E-state index contributed by atoms with van der Waals surface area (Å²) in [6.45, 7) is 1.54. The molecular formula is C18H22ClN3O4. The number of ether oxygens (including phenoxy) is 1. The molecule has 0 aromatic heterocycles. The van der Waals surface area contributed by atoms with Crippen LogP contribution in [0.25, 0.3) is 0 Å². The molecule has 0 spiro atoms. The Bertz CT molecular complexity index is 672. The Hall–Kier alpha value is -2.12. The van der Waals surface area contributed by atoms with E-state index in [1.807, 2.05) is 12.1 Å². The van der Waals surface area contributed by atoms with Gasteiger partial charge in [0.05, 0.1) is 11.8 Å². The summed E-state index contributed by atoms with van der Waals surface area (Å²) in [5.41, 5.74) is 1.58. The Morgan fingerprint density at radius 1 is 1.23 bits per heavy atom. The zero-order chi connectivity index (χ0) is 18.4. The molecule has 0 unspecified atom stereocenters. The first-order chi connectivity index (χ1) is 12.6. The van der Waals surface area contributed by atoms with Gasteiger partial charge in [-0.2, -0.15) is 0 Å². The lowest BCUT2D eigenvalue weighted by molar-refractivity contribution is -0.131. The van der Waals surface area contributed by atoms with Gasteiger partial charge in [0.25, 0.3) is 5.91 Å². The molecule has 26 heavy (non-hydrogen) atoms. The monoisotopic (exact) mass is 379 g/mol. The third-order valence-corrected chi connectivity index (χ3v) is 4.59. The maximum absolute atomic E-state index is 12.1. The molecule has 1 aromatic rings. The van der Waals surface area contributed by atoms with Crippen molar-refractivity contribution in [2.24, 2.45) is 5.16 Å². The lowest BCUT2D eigenvalue weighted by Gasteiger charge is -2.12. The van der Waals surface area contributed by atoms with Crippen LogP contribution in [0.5, 0.6) is 0 Å². The fraction of sp³-hybridized carbons (Fsp3) is 0.500. The van der Waals surface area contributed by atoms with Gasteiger partial charge in [0, 0.05) is 37.6 Å². The molecule has 2 N–H and O–H groups in total. The predicted molar refractivity (Wildman–Crippen MR) is 97.1 cm³/mol. The highest BCUT2D eigenvalue weighted by Gasteiger charge is 2.28. The van der Waals surface area contributed by atoms with Gasteiger partial charge in [0.1, 0.15) is 0 Å². The summed E-state index contributed by atoms with van der Waals surface area (Å²) < 4.78 is 5.45. The topological polar surface area (TPSA) is 89.0 Å². The zero-order valence-electron chi connectivity index (χ0n) is 14.4. The highest BCUT2D eigenvalue weighted by molar-refractivity contribution is 6.30. The van der Waals surface area contributed by atoms with Crippen LogP contribution in [0.15, 0.2) is 29.4 Å². The van der Waals surface area contributed by atoms with Gasteiger partial charge in [0.15, 0.2) is 0 Å². The molecule has 8 heteroatoms.